The number of pyridine rings is 1. The summed E-state index contributed by atoms with van der Waals surface area (Å²) < 4.78 is 13.7. The Balaban J connectivity index is 1.61. The van der Waals surface area contributed by atoms with Gasteiger partial charge in [-0.2, -0.15) is 4.68 Å². The summed E-state index contributed by atoms with van der Waals surface area (Å²) in [5.41, 5.74) is 4.64. The summed E-state index contributed by atoms with van der Waals surface area (Å²) in [5, 5.41) is 16.4. The maximum atomic E-state index is 6.56. The predicted molar refractivity (Wildman–Crippen MR) is 119 cm³/mol. The molecule has 0 saturated carbocycles. The summed E-state index contributed by atoms with van der Waals surface area (Å²) >= 11 is 6.35. The molecule has 2 aliphatic heterocycles. The lowest BCUT2D eigenvalue weighted by molar-refractivity contribution is 0.222. The number of halogens is 1. The molecule has 0 fully saturated rings. The molecule has 4 heterocycles. The summed E-state index contributed by atoms with van der Waals surface area (Å²) in [7, 11) is 1.65. The zero-order valence-electron chi connectivity index (χ0n) is 16.9. The molecule has 0 saturated heterocycles. The van der Waals surface area contributed by atoms with Crippen LogP contribution in [-0.4, -0.2) is 32.3 Å². The van der Waals surface area contributed by atoms with E-state index in [1.54, 1.807) is 18.0 Å². The zero-order chi connectivity index (χ0) is 21.7. The largest absolute Gasteiger partial charge is 0.497 e. The summed E-state index contributed by atoms with van der Waals surface area (Å²) in [6.45, 7) is 0. The van der Waals surface area contributed by atoms with Gasteiger partial charge < -0.3 is 14.8 Å². The van der Waals surface area contributed by atoms with Crippen molar-refractivity contribution >= 4 is 23.2 Å². The van der Waals surface area contributed by atoms with Crippen molar-refractivity contribution in [1.82, 2.24) is 25.2 Å². The van der Waals surface area contributed by atoms with Crippen LogP contribution in [0.25, 0.3) is 5.70 Å². The Morgan fingerprint density at radius 3 is 2.75 bits per heavy atom. The zero-order valence-corrected chi connectivity index (χ0v) is 17.7. The third kappa shape index (κ3) is 2.91. The predicted octanol–water partition coefficient (Wildman–Crippen LogP) is 4.29. The molecule has 158 valence electrons. The molecule has 2 aromatic heterocycles. The van der Waals surface area contributed by atoms with Crippen molar-refractivity contribution in [2.75, 3.05) is 12.4 Å². The van der Waals surface area contributed by atoms with Gasteiger partial charge in [0.25, 0.3) is 0 Å². The highest BCUT2D eigenvalue weighted by molar-refractivity contribution is 6.30. The number of tetrazole rings is 1. The van der Waals surface area contributed by atoms with E-state index in [2.05, 4.69) is 25.8 Å². The lowest BCUT2D eigenvalue weighted by atomic mass is 9.85. The molecular weight excluding hydrogens is 428 g/mol. The fraction of sp³-hybridized carbons (Fsp3) is 0.130. The number of fused-ring (bicyclic) bond motifs is 3. The van der Waals surface area contributed by atoms with Crippen LogP contribution in [0.5, 0.6) is 11.5 Å². The Hall–Kier alpha value is -3.91. The molecule has 6 rings (SSSR count). The van der Waals surface area contributed by atoms with Crippen LogP contribution in [0.1, 0.15) is 28.8 Å². The van der Waals surface area contributed by atoms with Crippen molar-refractivity contribution in [2.45, 2.75) is 12.1 Å². The summed E-state index contributed by atoms with van der Waals surface area (Å²) in [6, 6.07) is 17.1. The molecule has 4 aromatic rings. The number of anilines is 1. The second-order valence-electron chi connectivity index (χ2n) is 7.50. The fourth-order valence-electron chi connectivity index (χ4n) is 4.28. The Morgan fingerprint density at radius 1 is 1.09 bits per heavy atom. The van der Waals surface area contributed by atoms with Gasteiger partial charge in [0.05, 0.1) is 12.8 Å². The number of benzene rings is 2. The van der Waals surface area contributed by atoms with Gasteiger partial charge in [0.1, 0.15) is 23.6 Å². The standard InChI is InChI=1S/C23H17ClN6O2/c1-31-16-7-4-13(5-8-16)22-19-20(17-11-15(24)6-9-18(17)32-22)26-23-27-28-29-30(23)21(19)14-3-2-10-25-12-14/h2-12,21-22H,1H3,(H,26,27,29)/t21-,22+/m1/s1. The second-order valence-corrected chi connectivity index (χ2v) is 7.94. The first-order valence-corrected chi connectivity index (χ1v) is 10.4. The van der Waals surface area contributed by atoms with Gasteiger partial charge in [-0.3, -0.25) is 4.98 Å². The summed E-state index contributed by atoms with van der Waals surface area (Å²) in [5.74, 6) is 2.05. The Labute approximate surface area is 188 Å². The van der Waals surface area contributed by atoms with Crippen molar-refractivity contribution < 1.29 is 9.47 Å². The molecule has 0 unspecified atom stereocenters. The monoisotopic (exact) mass is 444 g/mol. The van der Waals surface area contributed by atoms with Crippen LogP contribution in [-0.2, 0) is 0 Å². The number of rotatable bonds is 3. The van der Waals surface area contributed by atoms with Gasteiger partial charge in [-0.05, 0) is 58.0 Å². The molecule has 2 aliphatic rings. The highest BCUT2D eigenvalue weighted by Gasteiger charge is 2.41. The van der Waals surface area contributed by atoms with Crippen LogP contribution in [0.3, 0.4) is 0 Å². The molecule has 8 nitrogen and oxygen atoms in total. The number of nitrogens with zero attached hydrogens (tertiary/aromatic N) is 5. The van der Waals surface area contributed by atoms with Crippen LogP contribution in [0, 0.1) is 0 Å². The summed E-state index contributed by atoms with van der Waals surface area (Å²) in [6.07, 6.45) is 3.18. The van der Waals surface area contributed by atoms with E-state index >= 15 is 0 Å². The first-order valence-electron chi connectivity index (χ1n) is 10.0. The first kappa shape index (κ1) is 18.8. The number of hydrogen-bond acceptors (Lipinski definition) is 7. The van der Waals surface area contributed by atoms with Gasteiger partial charge in [-0.25, -0.2) is 0 Å². The first-order chi connectivity index (χ1) is 15.7. The molecule has 2 aromatic carbocycles. The highest BCUT2D eigenvalue weighted by Crippen LogP contribution is 2.50. The molecule has 0 bridgehead atoms. The van der Waals surface area contributed by atoms with Crippen molar-refractivity contribution in [3.05, 3.63) is 94.3 Å². The van der Waals surface area contributed by atoms with E-state index in [4.69, 9.17) is 21.1 Å². The summed E-state index contributed by atoms with van der Waals surface area (Å²) in [4.78, 5) is 4.33. The third-order valence-electron chi connectivity index (χ3n) is 5.71. The highest BCUT2D eigenvalue weighted by atomic mass is 35.5. The number of methoxy groups -OCH3 is 1. The van der Waals surface area contributed by atoms with Gasteiger partial charge >= 0.3 is 0 Å². The fourth-order valence-corrected chi connectivity index (χ4v) is 4.45. The van der Waals surface area contributed by atoms with E-state index in [-0.39, 0.29) is 12.1 Å². The Bertz CT molecular complexity index is 1340. The molecule has 9 heteroatoms. The lowest BCUT2D eigenvalue weighted by Crippen LogP contribution is -2.32. The van der Waals surface area contributed by atoms with Crippen molar-refractivity contribution in [3.8, 4) is 11.5 Å². The number of ether oxygens (including phenoxy) is 2. The Morgan fingerprint density at radius 2 is 1.97 bits per heavy atom. The minimum atomic E-state index is -0.389. The van der Waals surface area contributed by atoms with Crippen LogP contribution in [0.4, 0.5) is 5.95 Å². The molecule has 0 radical (unpaired) electrons. The molecule has 0 spiro atoms. The van der Waals surface area contributed by atoms with Crippen molar-refractivity contribution in [2.24, 2.45) is 0 Å². The van der Waals surface area contributed by atoms with Gasteiger partial charge in [0.2, 0.25) is 5.95 Å². The molecule has 0 amide bonds. The van der Waals surface area contributed by atoms with Crippen LogP contribution in [0.2, 0.25) is 5.02 Å². The number of hydrogen-bond donors (Lipinski definition) is 1. The average Bonchev–Trinajstić information content (AvgIpc) is 3.31. The van der Waals surface area contributed by atoms with Gasteiger partial charge in [-0.15, -0.1) is 0 Å². The molecule has 32 heavy (non-hydrogen) atoms. The molecule has 1 N–H and O–H groups in total. The van der Waals surface area contributed by atoms with Crippen LogP contribution < -0.4 is 14.8 Å². The maximum Gasteiger partial charge on any atom is 0.248 e. The maximum absolute atomic E-state index is 6.56. The van der Waals surface area contributed by atoms with E-state index in [9.17, 15) is 0 Å². The second kappa shape index (κ2) is 7.35. The normalized spacial score (nSPS) is 18.7. The smallest absolute Gasteiger partial charge is 0.248 e. The van der Waals surface area contributed by atoms with Crippen LogP contribution in [0.15, 0.2) is 72.6 Å². The van der Waals surface area contributed by atoms with Gasteiger partial charge in [0.15, 0.2) is 0 Å². The quantitative estimate of drug-likeness (QED) is 0.504. The van der Waals surface area contributed by atoms with E-state index in [0.717, 1.165) is 39.5 Å². The minimum Gasteiger partial charge on any atom is -0.497 e. The Kier molecular flexibility index (Phi) is 4.32. The van der Waals surface area contributed by atoms with E-state index in [0.29, 0.717) is 11.0 Å². The number of nitrogens with one attached hydrogen (secondary N) is 1. The third-order valence-corrected chi connectivity index (χ3v) is 5.95. The minimum absolute atomic E-state index is 0.316. The van der Waals surface area contributed by atoms with Crippen molar-refractivity contribution in [3.63, 3.8) is 0 Å². The number of aromatic nitrogens is 5. The SMILES string of the molecule is COc1ccc([C@@H]2Oc3ccc(Cl)cc3C3=C2[C@@H](c2cccnc2)n2nnnc2N3)cc1. The van der Waals surface area contributed by atoms with Crippen molar-refractivity contribution in [1.29, 1.82) is 0 Å². The van der Waals surface area contributed by atoms with Gasteiger partial charge in [0, 0.05) is 28.6 Å². The molecule has 2 atom stereocenters. The van der Waals surface area contributed by atoms with E-state index in [1.165, 1.54) is 0 Å². The molecule has 0 aliphatic carbocycles. The lowest BCUT2D eigenvalue weighted by Gasteiger charge is -2.38. The van der Waals surface area contributed by atoms with Crippen LogP contribution >= 0.6 is 11.6 Å². The van der Waals surface area contributed by atoms with Gasteiger partial charge in [-0.1, -0.05) is 34.9 Å². The van der Waals surface area contributed by atoms with E-state index < -0.39 is 0 Å². The average molecular weight is 445 g/mol. The van der Waals surface area contributed by atoms with E-state index in [1.807, 2.05) is 60.8 Å². The molecular formula is C23H17ClN6O2. The topological polar surface area (TPSA) is 87.0 Å².